The molecule has 0 radical (unpaired) electrons. The molecule has 5 rings (SSSR count). The molecule has 0 saturated carbocycles. The molecule has 152 valence electrons. The Morgan fingerprint density at radius 2 is 1.63 bits per heavy atom. The van der Waals surface area contributed by atoms with Crippen molar-refractivity contribution in [1.82, 2.24) is 15.1 Å². The van der Waals surface area contributed by atoms with E-state index in [-0.39, 0.29) is 0 Å². The van der Waals surface area contributed by atoms with Crippen molar-refractivity contribution in [2.45, 2.75) is 6.92 Å². The maximum absolute atomic E-state index is 5.54. The van der Waals surface area contributed by atoms with Gasteiger partial charge in [-0.2, -0.15) is 4.98 Å². The van der Waals surface area contributed by atoms with Crippen molar-refractivity contribution in [1.29, 1.82) is 0 Å². The van der Waals surface area contributed by atoms with Gasteiger partial charge in [0.2, 0.25) is 11.7 Å². The number of methoxy groups -OCH3 is 1. The first-order valence-corrected chi connectivity index (χ1v) is 10.1. The molecule has 2 aromatic carbocycles. The van der Waals surface area contributed by atoms with E-state index in [2.05, 4.69) is 38.1 Å². The fourth-order valence-corrected chi connectivity index (χ4v) is 3.97. The molecule has 3 heterocycles. The lowest BCUT2D eigenvalue weighted by Gasteiger charge is -2.37. The van der Waals surface area contributed by atoms with E-state index in [1.165, 1.54) is 0 Å². The van der Waals surface area contributed by atoms with Gasteiger partial charge in [0.05, 0.1) is 23.9 Å². The summed E-state index contributed by atoms with van der Waals surface area (Å²) in [5, 5.41) is 5.22. The highest BCUT2D eigenvalue weighted by molar-refractivity contribution is 5.88. The van der Waals surface area contributed by atoms with Gasteiger partial charge in [-0.1, -0.05) is 35.5 Å². The first-order chi connectivity index (χ1) is 14.7. The van der Waals surface area contributed by atoms with Crippen LogP contribution in [0.3, 0.4) is 0 Å². The van der Waals surface area contributed by atoms with Crippen LogP contribution in [0.4, 0.5) is 11.5 Å². The fraction of sp³-hybridized carbons (Fsp3) is 0.261. The summed E-state index contributed by atoms with van der Waals surface area (Å²) in [6.07, 6.45) is 0. The molecule has 1 aliphatic heterocycles. The van der Waals surface area contributed by atoms with Crippen molar-refractivity contribution in [2.24, 2.45) is 0 Å². The second-order valence-electron chi connectivity index (χ2n) is 7.34. The van der Waals surface area contributed by atoms with E-state index in [9.17, 15) is 0 Å². The molecule has 4 aromatic rings. The Kier molecular flexibility index (Phi) is 4.71. The minimum atomic E-state index is 0.546. The van der Waals surface area contributed by atoms with Crippen LogP contribution in [0.25, 0.3) is 22.3 Å². The number of para-hydroxylation sites is 3. The zero-order valence-corrected chi connectivity index (χ0v) is 17.1. The molecule has 0 aliphatic carbocycles. The summed E-state index contributed by atoms with van der Waals surface area (Å²) in [6.45, 7) is 5.23. The van der Waals surface area contributed by atoms with Crippen LogP contribution in [0.1, 0.15) is 5.89 Å². The minimum absolute atomic E-state index is 0.546. The van der Waals surface area contributed by atoms with E-state index in [0.717, 1.165) is 59.9 Å². The molecule has 30 heavy (non-hydrogen) atoms. The van der Waals surface area contributed by atoms with Gasteiger partial charge in [0.1, 0.15) is 11.6 Å². The monoisotopic (exact) mass is 401 g/mol. The molecular weight excluding hydrogens is 378 g/mol. The lowest BCUT2D eigenvalue weighted by atomic mass is 10.1. The summed E-state index contributed by atoms with van der Waals surface area (Å²) in [6, 6.07) is 18.4. The van der Waals surface area contributed by atoms with Crippen LogP contribution in [-0.2, 0) is 0 Å². The lowest BCUT2D eigenvalue weighted by molar-refractivity contribution is 0.394. The van der Waals surface area contributed by atoms with Crippen LogP contribution >= 0.6 is 0 Å². The Balaban J connectivity index is 1.48. The standard InChI is InChI=1S/C23H23N5O2/c1-16-24-22(26-30-16)18-15-17-7-3-4-8-19(17)25-23(18)28-13-11-27(12-14-28)20-9-5-6-10-21(20)29-2/h3-10,15H,11-14H2,1-2H3. The van der Waals surface area contributed by atoms with Gasteiger partial charge in [-0.05, 0) is 24.3 Å². The normalized spacial score (nSPS) is 14.3. The van der Waals surface area contributed by atoms with Crippen LogP contribution in [0.5, 0.6) is 5.75 Å². The van der Waals surface area contributed by atoms with E-state index in [0.29, 0.717) is 11.7 Å². The molecule has 7 nitrogen and oxygen atoms in total. The Morgan fingerprint density at radius 1 is 0.900 bits per heavy atom. The number of aromatic nitrogens is 3. The SMILES string of the molecule is COc1ccccc1N1CCN(c2nc3ccccc3cc2-c2noc(C)n2)CC1. The molecule has 0 spiro atoms. The van der Waals surface area contributed by atoms with Gasteiger partial charge in [-0.3, -0.25) is 0 Å². The molecule has 0 N–H and O–H groups in total. The van der Waals surface area contributed by atoms with Gasteiger partial charge in [-0.15, -0.1) is 0 Å². The predicted molar refractivity (Wildman–Crippen MR) is 117 cm³/mol. The maximum Gasteiger partial charge on any atom is 0.223 e. The number of ether oxygens (including phenoxy) is 1. The third-order valence-corrected chi connectivity index (χ3v) is 5.48. The Bertz CT molecular complexity index is 1180. The molecule has 0 amide bonds. The summed E-state index contributed by atoms with van der Waals surface area (Å²) in [5.41, 5.74) is 2.99. The zero-order chi connectivity index (χ0) is 20.5. The molecule has 0 unspecified atom stereocenters. The second kappa shape index (κ2) is 7.67. The third kappa shape index (κ3) is 3.32. The average molecular weight is 401 g/mol. The average Bonchev–Trinajstić information content (AvgIpc) is 3.24. The van der Waals surface area contributed by atoms with Gasteiger partial charge in [0.25, 0.3) is 0 Å². The molecular formula is C23H23N5O2. The highest BCUT2D eigenvalue weighted by Crippen LogP contribution is 2.33. The topological polar surface area (TPSA) is 67.5 Å². The molecule has 0 bridgehead atoms. The van der Waals surface area contributed by atoms with Crippen LogP contribution < -0.4 is 14.5 Å². The number of nitrogens with zero attached hydrogens (tertiary/aromatic N) is 5. The number of aryl methyl sites for hydroxylation is 1. The Labute approximate surface area is 174 Å². The number of piperazine rings is 1. The zero-order valence-electron chi connectivity index (χ0n) is 17.1. The van der Waals surface area contributed by atoms with Crippen molar-refractivity contribution in [3.8, 4) is 17.1 Å². The molecule has 0 atom stereocenters. The highest BCUT2D eigenvalue weighted by atomic mass is 16.5. The van der Waals surface area contributed by atoms with Gasteiger partial charge in [-0.25, -0.2) is 4.98 Å². The van der Waals surface area contributed by atoms with Gasteiger partial charge in [0.15, 0.2) is 0 Å². The number of pyridine rings is 1. The van der Waals surface area contributed by atoms with Crippen LogP contribution in [-0.4, -0.2) is 48.4 Å². The van der Waals surface area contributed by atoms with Crippen molar-refractivity contribution < 1.29 is 9.26 Å². The van der Waals surface area contributed by atoms with Crippen molar-refractivity contribution in [3.05, 3.63) is 60.5 Å². The molecule has 1 fully saturated rings. The number of fused-ring (bicyclic) bond motifs is 1. The maximum atomic E-state index is 5.54. The van der Waals surface area contributed by atoms with Crippen LogP contribution in [0.15, 0.2) is 59.1 Å². The Hall–Kier alpha value is -3.61. The summed E-state index contributed by atoms with van der Waals surface area (Å²) >= 11 is 0. The van der Waals surface area contributed by atoms with Crippen molar-refractivity contribution in [3.63, 3.8) is 0 Å². The molecule has 1 aliphatic rings. The number of anilines is 2. The largest absolute Gasteiger partial charge is 0.495 e. The third-order valence-electron chi connectivity index (χ3n) is 5.48. The Morgan fingerprint density at radius 3 is 2.40 bits per heavy atom. The second-order valence-corrected chi connectivity index (χ2v) is 7.34. The van der Waals surface area contributed by atoms with E-state index in [1.807, 2.05) is 36.4 Å². The van der Waals surface area contributed by atoms with Crippen molar-refractivity contribution in [2.75, 3.05) is 43.1 Å². The number of hydrogen-bond acceptors (Lipinski definition) is 7. The number of hydrogen-bond donors (Lipinski definition) is 0. The smallest absolute Gasteiger partial charge is 0.223 e. The van der Waals surface area contributed by atoms with Gasteiger partial charge >= 0.3 is 0 Å². The first-order valence-electron chi connectivity index (χ1n) is 10.1. The summed E-state index contributed by atoms with van der Waals surface area (Å²) in [4.78, 5) is 14.1. The fourth-order valence-electron chi connectivity index (χ4n) is 3.97. The summed E-state index contributed by atoms with van der Waals surface area (Å²) in [5.74, 6) is 2.92. The van der Waals surface area contributed by atoms with E-state index >= 15 is 0 Å². The van der Waals surface area contributed by atoms with Crippen LogP contribution in [0, 0.1) is 6.92 Å². The number of rotatable bonds is 4. The molecule has 2 aromatic heterocycles. The highest BCUT2D eigenvalue weighted by Gasteiger charge is 2.24. The van der Waals surface area contributed by atoms with E-state index in [1.54, 1.807) is 14.0 Å². The summed E-state index contributed by atoms with van der Waals surface area (Å²) in [7, 11) is 1.72. The van der Waals surface area contributed by atoms with Crippen LogP contribution in [0.2, 0.25) is 0 Å². The summed E-state index contributed by atoms with van der Waals surface area (Å²) < 4.78 is 10.8. The van der Waals surface area contributed by atoms with E-state index in [4.69, 9.17) is 14.2 Å². The quantitative estimate of drug-likeness (QED) is 0.513. The predicted octanol–water partition coefficient (Wildman–Crippen LogP) is 3.93. The van der Waals surface area contributed by atoms with Gasteiger partial charge < -0.3 is 19.1 Å². The van der Waals surface area contributed by atoms with E-state index < -0.39 is 0 Å². The number of benzene rings is 2. The van der Waals surface area contributed by atoms with Gasteiger partial charge in [0, 0.05) is 38.5 Å². The first kappa shape index (κ1) is 18.4. The lowest BCUT2D eigenvalue weighted by Crippen LogP contribution is -2.47. The molecule has 7 heteroatoms. The minimum Gasteiger partial charge on any atom is -0.495 e. The molecule has 1 saturated heterocycles. The van der Waals surface area contributed by atoms with Crippen molar-refractivity contribution >= 4 is 22.4 Å².